The molecule has 1 atom stereocenters. The van der Waals surface area contributed by atoms with Crippen LogP contribution < -0.4 is 0 Å². The molecule has 0 saturated carbocycles. The Hall–Kier alpha value is -1.67. The molecule has 0 radical (unpaired) electrons. The molecule has 0 aliphatic carbocycles. The normalized spacial score (nSPS) is 13.8. The monoisotopic (exact) mass is 492 g/mol. The molecule has 3 aromatic rings. The van der Waals surface area contributed by atoms with Crippen LogP contribution in [0.5, 0.6) is 11.5 Å². The van der Waals surface area contributed by atoms with Crippen LogP contribution in [0.4, 0.5) is 0 Å². The van der Waals surface area contributed by atoms with Crippen molar-refractivity contribution in [1.82, 2.24) is 0 Å². The number of halogens is 4. The first-order chi connectivity index (χ1) is 13.5. The van der Waals surface area contributed by atoms with Crippen LogP contribution in [0.3, 0.4) is 0 Å². The Morgan fingerprint density at radius 2 is 1.38 bits per heavy atom. The van der Waals surface area contributed by atoms with Gasteiger partial charge in [-0.1, -0.05) is 70.7 Å². The molecular weight excluding hydrogens is 482 g/mol. The first-order valence-electron chi connectivity index (χ1n) is 7.89. The molecule has 3 N–H and O–H groups in total. The summed E-state index contributed by atoms with van der Waals surface area (Å²) in [5.74, 6) is -0.744. The van der Waals surface area contributed by atoms with Crippen molar-refractivity contribution in [2.24, 2.45) is 0 Å². The van der Waals surface area contributed by atoms with Crippen LogP contribution in [0.15, 0.2) is 54.6 Å². The number of hydrogen-bond acceptors (Lipinski definition) is 4. The zero-order chi connectivity index (χ0) is 21.6. The van der Waals surface area contributed by atoms with Gasteiger partial charge in [0.05, 0.1) is 5.02 Å². The number of hydrogen-bond donors (Lipinski definition) is 3. The largest absolute Gasteiger partial charge is 0.508 e. The van der Waals surface area contributed by atoms with Gasteiger partial charge < -0.3 is 10.2 Å². The minimum atomic E-state index is -5.10. The van der Waals surface area contributed by atoms with E-state index in [0.717, 1.165) is 12.1 Å². The lowest BCUT2D eigenvalue weighted by molar-refractivity contribution is 0.455. The summed E-state index contributed by atoms with van der Waals surface area (Å²) in [4.78, 5) is 0. The van der Waals surface area contributed by atoms with Crippen LogP contribution in [0.1, 0.15) is 16.7 Å². The van der Waals surface area contributed by atoms with Crippen LogP contribution in [0.2, 0.25) is 20.1 Å². The molecule has 0 aliphatic heterocycles. The van der Waals surface area contributed by atoms with E-state index in [1.807, 2.05) is 0 Å². The fourth-order valence-corrected chi connectivity index (χ4v) is 5.80. The Balaban J connectivity index is 2.66. The molecule has 0 aliphatic rings. The number of aromatic hydroxyl groups is 2. The third-order valence-electron chi connectivity index (χ3n) is 4.37. The van der Waals surface area contributed by atoms with Gasteiger partial charge in [0.25, 0.3) is 10.1 Å². The van der Waals surface area contributed by atoms with E-state index in [0.29, 0.717) is 0 Å². The van der Waals surface area contributed by atoms with Crippen molar-refractivity contribution in [3.05, 3.63) is 91.4 Å². The van der Waals surface area contributed by atoms with Crippen molar-refractivity contribution in [1.29, 1.82) is 0 Å². The first kappa shape index (κ1) is 22.0. The van der Waals surface area contributed by atoms with Crippen LogP contribution >= 0.6 is 46.4 Å². The standard InChI is InChI=1S/C19H12Cl4O5S/c20-10-7-14(18(23)17(25)8-10)19(29(26,27)28,12-3-1-2-4-15(12)21)13-6-5-11(24)9-16(13)22/h1-9,24-25H,(H,26,27,28). The Labute approximate surface area is 186 Å². The molecule has 0 saturated heterocycles. The van der Waals surface area contributed by atoms with E-state index in [1.165, 1.54) is 36.4 Å². The third kappa shape index (κ3) is 3.65. The summed E-state index contributed by atoms with van der Waals surface area (Å²) in [6.45, 7) is 0. The Morgan fingerprint density at radius 3 is 1.97 bits per heavy atom. The van der Waals surface area contributed by atoms with Crippen LogP contribution in [-0.4, -0.2) is 23.2 Å². The number of phenolic OH excluding ortho intramolecular Hbond substituents is 2. The summed E-state index contributed by atoms with van der Waals surface area (Å²) in [6.07, 6.45) is 0. The summed E-state index contributed by atoms with van der Waals surface area (Å²) in [5.41, 5.74) is -0.510. The number of benzene rings is 3. The molecule has 3 rings (SSSR count). The second-order valence-electron chi connectivity index (χ2n) is 6.09. The maximum absolute atomic E-state index is 13.0. The summed E-state index contributed by atoms with van der Waals surface area (Å²) in [7, 11) is -5.10. The van der Waals surface area contributed by atoms with Crippen molar-refractivity contribution in [3.8, 4) is 11.5 Å². The van der Waals surface area contributed by atoms with Crippen LogP contribution in [0.25, 0.3) is 0 Å². The van der Waals surface area contributed by atoms with E-state index in [9.17, 15) is 23.2 Å². The van der Waals surface area contributed by atoms with Crippen LogP contribution in [-0.2, 0) is 14.9 Å². The van der Waals surface area contributed by atoms with E-state index in [4.69, 9.17) is 46.4 Å². The highest BCUT2D eigenvalue weighted by Crippen LogP contribution is 2.52. The quantitative estimate of drug-likeness (QED) is 0.311. The lowest BCUT2D eigenvalue weighted by Gasteiger charge is -2.34. The lowest BCUT2D eigenvalue weighted by Crippen LogP contribution is -2.39. The minimum absolute atomic E-state index is 0.0233. The van der Waals surface area contributed by atoms with Gasteiger partial charge in [0, 0.05) is 37.8 Å². The van der Waals surface area contributed by atoms with Crippen molar-refractivity contribution < 1.29 is 23.2 Å². The first-order valence-corrected chi connectivity index (χ1v) is 10.8. The van der Waals surface area contributed by atoms with Gasteiger partial charge in [0.2, 0.25) is 0 Å². The smallest absolute Gasteiger partial charge is 0.283 e. The van der Waals surface area contributed by atoms with E-state index >= 15 is 0 Å². The van der Waals surface area contributed by atoms with Crippen molar-refractivity contribution in [2.45, 2.75) is 4.75 Å². The van der Waals surface area contributed by atoms with Crippen molar-refractivity contribution in [3.63, 3.8) is 0 Å². The third-order valence-corrected chi connectivity index (χ3v) is 7.06. The molecule has 0 fully saturated rings. The molecule has 5 nitrogen and oxygen atoms in total. The minimum Gasteiger partial charge on any atom is -0.508 e. The maximum Gasteiger partial charge on any atom is 0.283 e. The van der Waals surface area contributed by atoms with E-state index in [1.54, 1.807) is 6.07 Å². The topological polar surface area (TPSA) is 94.8 Å². The number of phenols is 2. The predicted octanol–water partition coefficient (Wildman–Crippen LogP) is 5.89. The summed E-state index contributed by atoms with van der Waals surface area (Å²) >= 11 is 24.9. The Bertz CT molecular complexity index is 1210. The maximum atomic E-state index is 13.0. The number of rotatable bonds is 4. The van der Waals surface area contributed by atoms with E-state index < -0.39 is 20.6 Å². The SMILES string of the molecule is O=S(=O)(O)C(c1ccccc1Cl)(c1ccc(O)cc1Cl)c1cc(Cl)cc(O)c1Cl. The Kier molecular flexibility index (Phi) is 5.98. The van der Waals surface area contributed by atoms with Gasteiger partial charge >= 0.3 is 0 Å². The molecule has 0 aromatic heterocycles. The predicted molar refractivity (Wildman–Crippen MR) is 114 cm³/mol. The molecule has 3 aromatic carbocycles. The van der Waals surface area contributed by atoms with Crippen molar-refractivity contribution in [2.75, 3.05) is 0 Å². The van der Waals surface area contributed by atoms with Gasteiger partial charge in [0.15, 0.2) is 4.75 Å². The molecular formula is C19H12Cl4O5S. The summed E-state index contributed by atoms with van der Waals surface area (Å²) < 4.78 is 34.1. The van der Waals surface area contributed by atoms with E-state index in [-0.39, 0.29) is 42.5 Å². The van der Waals surface area contributed by atoms with Gasteiger partial charge in [-0.3, -0.25) is 4.55 Å². The summed E-state index contributed by atoms with van der Waals surface area (Å²) in [6, 6.07) is 11.7. The lowest BCUT2D eigenvalue weighted by atomic mass is 9.83. The highest BCUT2D eigenvalue weighted by atomic mass is 35.5. The zero-order valence-electron chi connectivity index (χ0n) is 14.3. The molecule has 0 bridgehead atoms. The molecule has 1 unspecified atom stereocenters. The zero-order valence-corrected chi connectivity index (χ0v) is 18.1. The average molecular weight is 494 g/mol. The molecule has 0 heterocycles. The second-order valence-corrected chi connectivity index (χ2v) is 9.28. The molecule has 29 heavy (non-hydrogen) atoms. The highest BCUT2D eigenvalue weighted by molar-refractivity contribution is 7.87. The van der Waals surface area contributed by atoms with Gasteiger partial charge in [-0.15, -0.1) is 0 Å². The van der Waals surface area contributed by atoms with Gasteiger partial charge in [-0.25, -0.2) is 0 Å². The summed E-state index contributed by atoms with van der Waals surface area (Å²) in [5, 5.41) is 19.3. The molecule has 0 spiro atoms. The highest BCUT2D eigenvalue weighted by Gasteiger charge is 2.52. The Morgan fingerprint density at radius 1 is 0.759 bits per heavy atom. The average Bonchev–Trinajstić information content (AvgIpc) is 2.61. The van der Waals surface area contributed by atoms with Gasteiger partial charge in [-0.05, 0) is 24.3 Å². The van der Waals surface area contributed by atoms with E-state index in [2.05, 4.69) is 0 Å². The molecule has 152 valence electrons. The second kappa shape index (κ2) is 7.87. The molecule has 0 amide bonds. The van der Waals surface area contributed by atoms with Crippen molar-refractivity contribution >= 4 is 56.5 Å². The fraction of sp³-hybridized carbons (Fsp3) is 0.0526. The van der Waals surface area contributed by atoms with Gasteiger partial charge in [0.1, 0.15) is 11.5 Å². The van der Waals surface area contributed by atoms with Crippen LogP contribution in [0, 0.1) is 0 Å². The molecule has 10 heteroatoms. The fourth-order valence-electron chi connectivity index (χ4n) is 3.22. The van der Waals surface area contributed by atoms with Gasteiger partial charge in [-0.2, -0.15) is 8.42 Å².